The lowest BCUT2D eigenvalue weighted by molar-refractivity contribution is -0.150. The second-order valence-corrected chi connectivity index (χ2v) is 4.57. The molecule has 2 aliphatic heterocycles. The van der Waals surface area contributed by atoms with Crippen LogP contribution in [-0.4, -0.2) is 55.6 Å². The van der Waals surface area contributed by atoms with E-state index >= 15 is 0 Å². The molecule has 2 rings (SSSR count). The Morgan fingerprint density at radius 2 is 2.24 bits per heavy atom. The fraction of sp³-hybridized carbons (Fsp3) is 0.818. The van der Waals surface area contributed by atoms with Crippen molar-refractivity contribution in [3.8, 4) is 0 Å². The molecular formula is C11H19N3O3. The molecule has 2 amide bonds. The second-order valence-electron chi connectivity index (χ2n) is 4.57. The first-order chi connectivity index (χ1) is 8.20. The van der Waals surface area contributed by atoms with Crippen molar-refractivity contribution in [2.75, 3.05) is 32.8 Å². The van der Waals surface area contributed by atoms with Crippen LogP contribution in [0.25, 0.3) is 0 Å². The third-order valence-electron chi connectivity index (χ3n) is 3.39. The lowest BCUT2D eigenvalue weighted by Gasteiger charge is -2.36. The predicted molar refractivity (Wildman–Crippen MR) is 61.1 cm³/mol. The zero-order chi connectivity index (χ0) is 12.3. The molecule has 2 saturated heterocycles. The number of hydrogen-bond donors (Lipinski definition) is 2. The minimum absolute atomic E-state index is 0.0244. The van der Waals surface area contributed by atoms with E-state index in [-0.39, 0.29) is 18.4 Å². The monoisotopic (exact) mass is 241 g/mol. The van der Waals surface area contributed by atoms with E-state index in [0.29, 0.717) is 19.7 Å². The highest BCUT2D eigenvalue weighted by atomic mass is 16.5. The molecule has 0 bridgehead atoms. The molecular weight excluding hydrogens is 222 g/mol. The summed E-state index contributed by atoms with van der Waals surface area (Å²) >= 11 is 0. The van der Waals surface area contributed by atoms with Gasteiger partial charge in [-0.05, 0) is 19.4 Å². The van der Waals surface area contributed by atoms with Crippen LogP contribution in [0.2, 0.25) is 0 Å². The maximum atomic E-state index is 12.3. The lowest BCUT2D eigenvalue weighted by atomic mass is 9.97. The summed E-state index contributed by atoms with van der Waals surface area (Å²) < 4.78 is 5.20. The van der Waals surface area contributed by atoms with Crippen molar-refractivity contribution < 1.29 is 14.3 Å². The summed E-state index contributed by atoms with van der Waals surface area (Å²) in [5, 5.41) is 3.20. The number of piperidine rings is 1. The number of amides is 2. The summed E-state index contributed by atoms with van der Waals surface area (Å²) in [4.78, 5) is 25.2. The fourth-order valence-corrected chi connectivity index (χ4v) is 2.40. The van der Waals surface area contributed by atoms with Crippen LogP contribution in [0.3, 0.4) is 0 Å². The third-order valence-corrected chi connectivity index (χ3v) is 3.39. The van der Waals surface area contributed by atoms with Crippen LogP contribution < -0.4 is 11.1 Å². The quantitative estimate of drug-likeness (QED) is 0.629. The highest BCUT2D eigenvalue weighted by Crippen LogP contribution is 2.17. The van der Waals surface area contributed by atoms with E-state index in [9.17, 15) is 9.59 Å². The zero-order valence-corrected chi connectivity index (χ0v) is 9.85. The molecule has 6 nitrogen and oxygen atoms in total. The smallest absolute Gasteiger partial charge is 0.242 e. The van der Waals surface area contributed by atoms with E-state index < -0.39 is 11.9 Å². The third kappa shape index (κ3) is 2.76. The van der Waals surface area contributed by atoms with Gasteiger partial charge in [-0.1, -0.05) is 0 Å². The molecule has 6 heteroatoms. The van der Waals surface area contributed by atoms with Gasteiger partial charge >= 0.3 is 0 Å². The van der Waals surface area contributed by atoms with E-state index in [1.165, 1.54) is 0 Å². The summed E-state index contributed by atoms with van der Waals surface area (Å²) in [7, 11) is 0. The van der Waals surface area contributed by atoms with Crippen molar-refractivity contribution in [3.63, 3.8) is 0 Å². The number of nitrogens with one attached hydrogen (secondary N) is 1. The first-order valence-electron chi connectivity index (χ1n) is 6.08. The van der Waals surface area contributed by atoms with Crippen molar-refractivity contribution in [3.05, 3.63) is 0 Å². The molecule has 1 unspecified atom stereocenters. The summed E-state index contributed by atoms with van der Waals surface area (Å²) in [5.74, 6) is -0.477. The van der Waals surface area contributed by atoms with Crippen molar-refractivity contribution >= 4 is 11.8 Å². The highest BCUT2D eigenvalue weighted by Gasteiger charge is 2.35. The molecule has 0 aromatic carbocycles. The Labute approximate surface area is 100 Å². The number of morpholine rings is 1. The molecule has 0 saturated carbocycles. The van der Waals surface area contributed by atoms with E-state index in [1.807, 2.05) is 0 Å². The van der Waals surface area contributed by atoms with Gasteiger partial charge in [-0.3, -0.25) is 9.59 Å². The van der Waals surface area contributed by atoms with Crippen molar-refractivity contribution in [2.24, 2.45) is 11.7 Å². The zero-order valence-electron chi connectivity index (χ0n) is 9.85. The Morgan fingerprint density at radius 1 is 1.41 bits per heavy atom. The van der Waals surface area contributed by atoms with E-state index in [1.54, 1.807) is 4.90 Å². The van der Waals surface area contributed by atoms with Crippen LogP contribution in [0.4, 0.5) is 0 Å². The minimum Gasteiger partial charge on any atom is -0.377 e. The molecule has 2 heterocycles. The van der Waals surface area contributed by atoms with Crippen LogP contribution in [0.1, 0.15) is 12.8 Å². The number of rotatable bonds is 2. The predicted octanol–water partition coefficient (Wildman–Crippen LogP) is -1.30. The average Bonchev–Trinajstić information content (AvgIpc) is 2.39. The molecule has 0 spiro atoms. The van der Waals surface area contributed by atoms with Crippen molar-refractivity contribution in [2.45, 2.75) is 18.9 Å². The van der Waals surface area contributed by atoms with Crippen LogP contribution in [0.5, 0.6) is 0 Å². The summed E-state index contributed by atoms with van der Waals surface area (Å²) in [6.45, 7) is 2.83. The maximum Gasteiger partial charge on any atom is 0.242 e. The molecule has 0 aromatic rings. The molecule has 96 valence electrons. The summed E-state index contributed by atoms with van der Waals surface area (Å²) in [5.41, 5.74) is 5.30. The van der Waals surface area contributed by atoms with Gasteiger partial charge in [-0.2, -0.15) is 0 Å². The summed E-state index contributed by atoms with van der Waals surface area (Å²) in [6, 6.07) is -0.599. The van der Waals surface area contributed by atoms with Gasteiger partial charge in [0.25, 0.3) is 0 Å². The minimum atomic E-state index is -0.599. The summed E-state index contributed by atoms with van der Waals surface area (Å²) in [6.07, 6.45) is 1.89. The van der Waals surface area contributed by atoms with Gasteiger partial charge in [-0.25, -0.2) is 0 Å². The normalized spacial score (nSPS) is 30.0. The van der Waals surface area contributed by atoms with Gasteiger partial charge in [0, 0.05) is 13.1 Å². The lowest BCUT2D eigenvalue weighted by Crippen LogP contribution is -2.57. The van der Waals surface area contributed by atoms with Crippen LogP contribution in [-0.2, 0) is 14.3 Å². The first-order valence-corrected chi connectivity index (χ1v) is 6.08. The Kier molecular flexibility index (Phi) is 3.96. The Hall–Kier alpha value is -1.14. The molecule has 2 atom stereocenters. The molecule has 0 radical (unpaired) electrons. The van der Waals surface area contributed by atoms with Crippen LogP contribution in [0.15, 0.2) is 0 Å². The van der Waals surface area contributed by atoms with E-state index in [4.69, 9.17) is 10.5 Å². The maximum absolute atomic E-state index is 12.3. The highest BCUT2D eigenvalue weighted by molar-refractivity contribution is 5.88. The Morgan fingerprint density at radius 3 is 2.88 bits per heavy atom. The first kappa shape index (κ1) is 12.3. The molecule has 17 heavy (non-hydrogen) atoms. The van der Waals surface area contributed by atoms with E-state index in [2.05, 4.69) is 5.32 Å². The van der Waals surface area contributed by atoms with Crippen LogP contribution >= 0.6 is 0 Å². The number of nitrogens with two attached hydrogens (primary N) is 1. The van der Waals surface area contributed by atoms with E-state index in [0.717, 1.165) is 19.4 Å². The van der Waals surface area contributed by atoms with Gasteiger partial charge in [0.1, 0.15) is 6.04 Å². The molecule has 3 N–H and O–H groups in total. The molecule has 0 aliphatic carbocycles. The van der Waals surface area contributed by atoms with Crippen molar-refractivity contribution in [1.82, 2.24) is 10.2 Å². The number of carbonyl (C=O) groups excluding carboxylic acids is 2. The van der Waals surface area contributed by atoms with Gasteiger partial charge in [0.05, 0.1) is 19.1 Å². The number of nitrogens with zero attached hydrogens (tertiary/aromatic N) is 1. The second kappa shape index (κ2) is 5.46. The van der Waals surface area contributed by atoms with Gasteiger partial charge < -0.3 is 20.7 Å². The van der Waals surface area contributed by atoms with Gasteiger partial charge in [0.2, 0.25) is 11.8 Å². The Bertz CT molecular complexity index is 302. The Balaban J connectivity index is 2.02. The number of carbonyl (C=O) groups is 2. The van der Waals surface area contributed by atoms with Gasteiger partial charge in [-0.15, -0.1) is 0 Å². The average molecular weight is 241 g/mol. The van der Waals surface area contributed by atoms with Gasteiger partial charge in [0.15, 0.2) is 0 Å². The number of hydrogen-bond acceptors (Lipinski definition) is 4. The number of primary amides is 1. The SMILES string of the molecule is NC(=O)C1COCCN1C(=O)[C@H]1CCCNC1. The molecule has 2 fully saturated rings. The van der Waals surface area contributed by atoms with Crippen molar-refractivity contribution in [1.29, 1.82) is 0 Å². The largest absolute Gasteiger partial charge is 0.377 e. The number of ether oxygens (including phenoxy) is 1. The fourth-order valence-electron chi connectivity index (χ4n) is 2.40. The molecule has 2 aliphatic rings. The standard InChI is InChI=1S/C11H19N3O3/c12-10(15)9-7-17-5-4-14(9)11(16)8-2-1-3-13-6-8/h8-9,13H,1-7H2,(H2,12,15)/t8-,9?/m0/s1. The topological polar surface area (TPSA) is 84.7 Å². The van der Waals surface area contributed by atoms with Crippen LogP contribution in [0, 0.1) is 5.92 Å². The molecule has 0 aromatic heterocycles.